The van der Waals surface area contributed by atoms with Crippen molar-refractivity contribution in [3.05, 3.63) is 108 Å². The molecule has 2 aromatic rings. The van der Waals surface area contributed by atoms with Gasteiger partial charge in [0.05, 0.1) is 6.07 Å². The topological polar surface area (TPSA) is 66.9 Å². The van der Waals surface area contributed by atoms with Crippen molar-refractivity contribution >= 4 is 17.1 Å². The molecule has 0 fully saturated rings. The molecule has 1 amide bonds. The Bertz CT molecular complexity index is 1050. The monoisotopic (exact) mass is 350 g/mol. The van der Waals surface area contributed by atoms with Crippen molar-refractivity contribution in [2.75, 3.05) is 0 Å². The number of nitriles is 1. The summed E-state index contributed by atoms with van der Waals surface area (Å²) in [5, 5.41) is 10.2. The summed E-state index contributed by atoms with van der Waals surface area (Å²) in [4.78, 5) is 12.8. The fourth-order valence-electron chi connectivity index (χ4n) is 4.07. The van der Waals surface area contributed by atoms with Gasteiger partial charge in [-0.05, 0) is 27.8 Å². The molecule has 2 aliphatic rings. The highest BCUT2D eigenvalue weighted by molar-refractivity contribution is 6.15. The minimum Gasteiger partial charge on any atom is -0.368 e. The average Bonchev–Trinajstić information content (AvgIpc) is 2.82. The smallest absolute Gasteiger partial charge is 0.243 e. The molecule has 3 nitrogen and oxygen atoms in total. The van der Waals surface area contributed by atoms with Gasteiger partial charge < -0.3 is 5.73 Å². The van der Waals surface area contributed by atoms with Gasteiger partial charge in [-0.1, -0.05) is 91.0 Å². The van der Waals surface area contributed by atoms with Crippen LogP contribution in [0.4, 0.5) is 0 Å². The molecule has 130 valence electrons. The van der Waals surface area contributed by atoms with Crippen LogP contribution in [0.15, 0.2) is 96.6 Å². The molecule has 0 saturated heterocycles. The third kappa shape index (κ3) is 2.46. The normalized spacial score (nSPS) is 23.4. The van der Waals surface area contributed by atoms with Crippen molar-refractivity contribution in [3.8, 4) is 6.07 Å². The van der Waals surface area contributed by atoms with E-state index < -0.39 is 17.2 Å². The molecule has 3 heteroatoms. The Morgan fingerprint density at radius 3 is 2.15 bits per heavy atom. The van der Waals surface area contributed by atoms with Gasteiger partial charge >= 0.3 is 0 Å². The first kappa shape index (κ1) is 16.8. The van der Waals surface area contributed by atoms with Crippen molar-refractivity contribution in [2.45, 2.75) is 0 Å². The number of nitrogens with zero attached hydrogens (tertiary/aromatic N) is 1. The van der Waals surface area contributed by atoms with Gasteiger partial charge in [-0.3, -0.25) is 4.79 Å². The van der Waals surface area contributed by atoms with Crippen LogP contribution in [0, 0.1) is 22.7 Å². The third-order valence-corrected chi connectivity index (χ3v) is 5.23. The van der Waals surface area contributed by atoms with Gasteiger partial charge in [-0.15, -0.1) is 0 Å². The van der Waals surface area contributed by atoms with E-state index in [-0.39, 0.29) is 0 Å². The maximum atomic E-state index is 12.8. The lowest BCUT2D eigenvalue weighted by Gasteiger charge is -2.27. The quantitative estimate of drug-likeness (QED) is 0.898. The SMILES string of the molecule is N#CC1(C(N)=O)C(c2ccccc2)=C(c2ccccc2)C2=CC=CC=CC21. The Balaban J connectivity index is 2.15. The molecular formula is C24H18N2O. The molecule has 0 heterocycles. The zero-order chi connectivity index (χ0) is 18.9. The molecule has 0 radical (unpaired) electrons. The molecule has 27 heavy (non-hydrogen) atoms. The van der Waals surface area contributed by atoms with Crippen LogP contribution in [0.2, 0.25) is 0 Å². The van der Waals surface area contributed by atoms with Crippen LogP contribution in [0.25, 0.3) is 11.1 Å². The molecule has 2 aliphatic carbocycles. The highest BCUT2D eigenvalue weighted by Gasteiger charge is 2.55. The molecule has 0 saturated carbocycles. The summed E-state index contributed by atoms with van der Waals surface area (Å²) in [6.45, 7) is 0. The lowest BCUT2D eigenvalue weighted by Crippen LogP contribution is -2.40. The predicted molar refractivity (Wildman–Crippen MR) is 107 cm³/mol. The van der Waals surface area contributed by atoms with Crippen LogP contribution in [-0.2, 0) is 4.79 Å². The van der Waals surface area contributed by atoms with Crippen LogP contribution in [0.1, 0.15) is 11.1 Å². The number of primary amides is 1. The maximum absolute atomic E-state index is 12.8. The Morgan fingerprint density at radius 2 is 1.56 bits per heavy atom. The van der Waals surface area contributed by atoms with E-state index in [1.807, 2.05) is 91.0 Å². The molecule has 2 aromatic carbocycles. The number of rotatable bonds is 3. The van der Waals surface area contributed by atoms with Gasteiger partial charge in [0, 0.05) is 5.92 Å². The first-order valence-corrected chi connectivity index (χ1v) is 8.82. The van der Waals surface area contributed by atoms with Crippen molar-refractivity contribution in [3.63, 3.8) is 0 Å². The molecule has 4 rings (SSSR count). The fourth-order valence-corrected chi connectivity index (χ4v) is 4.07. The van der Waals surface area contributed by atoms with Gasteiger partial charge in [0.1, 0.15) is 0 Å². The summed E-state index contributed by atoms with van der Waals surface area (Å²) in [6, 6.07) is 21.8. The van der Waals surface area contributed by atoms with E-state index in [0.29, 0.717) is 5.57 Å². The van der Waals surface area contributed by atoms with E-state index in [9.17, 15) is 10.1 Å². The van der Waals surface area contributed by atoms with Gasteiger partial charge in [0.15, 0.2) is 5.41 Å². The number of benzene rings is 2. The summed E-state index contributed by atoms with van der Waals surface area (Å²) in [6.07, 6.45) is 9.60. The van der Waals surface area contributed by atoms with Gasteiger partial charge in [0.25, 0.3) is 0 Å². The number of allylic oxidation sites excluding steroid dienone is 7. The Hall–Kier alpha value is -3.64. The second-order valence-corrected chi connectivity index (χ2v) is 6.64. The van der Waals surface area contributed by atoms with Gasteiger partial charge in [0.2, 0.25) is 5.91 Å². The second kappa shape index (κ2) is 6.59. The molecule has 2 unspecified atom stereocenters. The molecule has 0 bridgehead atoms. The van der Waals surface area contributed by atoms with Crippen LogP contribution >= 0.6 is 0 Å². The zero-order valence-corrected chi connectivity index (χ0v) is 14.7. The number of amides is 1. The van der Waals surface area contributed by atoms with Crippen molar-refractivity contribution in [2.24, 2.45) is 17.1 Å². The first-order chi connectivity index (χ1) is 13.2. The van der Waals surface area contributed by atoms with E-state index in [1.165, 1.54) is 0 Å². The number of fused-ring (bicyclic) bond motifs is 1. The lowest BCUT2D eigenvalue weighted by atomic mass is 9.71. The van der Waals surface area contributed by atoms with Gasteiger partial charge in [-0.25, -0.2) is 0 Å². The molecule has 2 atom stereocenters. The molecule has 0 aromatic heterocycles. The largest absolute Gasteiger partial charge is 0.368 e. The molecular weight excluding hydrogens is 332 g/mol. The van der Waals surface area contributed by atoms with Crippen molar-refractivity contribution in [1.29, 1.82) is 5.26 Å². The fraction of sp³-hybridized carbons (Fsp3) is 0.0833. The Labute approximate surface area is 158 Å². The van der Waals surface area contributed by atoms with E-state index >= 15 is 0 Å². The number of carbonyl (C=O) groups excluding carboxylic acids is 1. The van der Waals surface area contributed by atoms with E-state index in [1.54, 1.807) is 0 Å². The lowest BCUT2D eigenvalue weighted by molar-refractivity contribution is -0.123. The third-order valence-electron chi connectivity index (χ3n) is 5.23. The summed E-state index contributed by atoms with van der Waals surface area (Å²) in [5.74, 6) is -1.06. The van der Waals surface area contributed by atoms with E-state index in [2.05, 4.69) is 6.07 Å². The molecule has 0 aliphatic heterocycles. The summed E-state index contributed by atoms with van der Waals surface area (Å²) < 4.78 is 0. The average molecular weight is 350 g/mol. The van der Waals surface area contributed by atoms with E-state index in [4.69, 9.17) is 5.73 Å². The number of carbonyl (C=O) groups is 1. The van der Waals surface area contributed by atoms with Crippen LogP contribution < -0.4 is 5.73 Å². The second-order valence-electron chi connectivity index (χ2n) is 6.64. The summed E-state index contributed by atoms with van der Waals surface area (Å²) >= 11 is 0. The minimum atomic E-state index is -1.46. The molecule has 0 spiro atoms. The van der Waals surface area contributed by atoms with Crippen LogP contribution in [0.3, 0.4) is 0 Å². The first-order valence-electron chi connectivity index (χ1n) is 8.82. The van der Waals surface area contributed by atoms with E-state index in [0.717, 1.165) is 22.3 Å². The highest BCUT2D eigenvalue weighted by atomic mass is 16.1. The summed E-state index contributed by atoms with van der Waals surface area (Å²) in [5.41, 5.74) is 8.76. The maximum Gasteiger partial charge on any atom is 0.243 e. The predicted octanol–water partition coefficient (Wildman–Crippen LogP) is 4.27. The highest BCUT2D eigenvalue weighted by Crippen LogP contribution is 2.58. The van der Waals surface area contributed by atoms with Crippen LogP contribution in [-0.4, -0.2) is 5.91 Å². The number of nitrogens with two attached hydrogens (primary N) is 1. The Kier molecular flexibility index (Phi) is 4.10. The van der Waals surface area contributed by atoms with Crippen LogP contribution in [0.5, 0.6) is 0 Å². The van der Waals surface area contributed by atoms with Gasteiger partial charge in [-0.2, -0.15) is 5.26 Å². The van der Waals surface area contributed by atoms with Crippen molar-refractivity contribution < 1.29 is 4.79 Å². The zero-order valence-electron chi connectivity index (χ0n) is 14.7. The number of hydrogen-bond donors (Lipinski definition) is 1. The Morgan fingerprint density at radius 1 is 0.926 bits per heavy atom. The van der Waals surface area contributed by atoms with Crippen molar-refractivity contribution in [1.82, 2.24) is 0 Å². The minimum absolute atomic E-state index is 0.430. The molecule has 2 N–H and O–H groups in total. The standard InChI is InChI=1S/C24H18N2O/c25-16-24(23(26)27)20-15-9-3-8-14-19(20)21(17-10-4-1-5-11-17)22(24)18-12-6-2-7-13-18/h1-15,20H,(H2,26,27). The summed E-state index contributed by atoms with van der Waals surface area (Å²) in [7, 11) is 0. The number of hydrogen-bond acceptors (Lipinski definition) is 2.